The van der Waals surface area contributed by atoms with Gasteiger partial charge in [-0.1, -0.05) is 11.2 Å². The molecule has 0 spiro atoms. The van der Waals surface area contributed by atoms with Gasteiger partial charge in [0.05, 0.1) is 6.21 Å². The lowest BCUT2D eigenvalue weighted by Gasteiger charge is -1.77. The van der Waals surface area contributed by atoms with Crippen LogP contribution >= 0.6 is 0 Å². The van der Waals surface area contributed by atoms with Crippen molar-refractivity contribution in [3.8, 4) is 0 Å². The van der Waals surface area contributed by atoms with Crippen LogP contribution in [-0.2, 0) is 4.84 Å². The highest BCUT2D eigenvalue weighted by atomic mass is 16.6. The Hall–Kier alpha value is -0.790. The number of rotatable bonds is 2. The van der Waals surface area contributed by atoms with E-state index in [1.54, 1.807) is 12.3 Å². The van der Waals surface area contributed by atoms with Gasteiger partial charge in [0, 0.05) is 0 Å². The van der Waals surface area contributed by atoms with Gasteiger partial charge in [-0.3, -0.25) is 0 Å². The molecule has 0 fully saturated rings. The molecule has 0 aliphatic heterocycles. The van der Waals surface area contributed by atoms with Crippen molar-refractivity contribution in [1.29, 1.82) is 0 Å². The Kier molecular flexibility index (Phi) is 4.62. The molecule has 2 heteroatoms. The van der Waals surface area contributed by atoms with Gasteiger partial charge in [0.25, 0.3) is 0 Å². The van der Waals surface area contributed by atoms with Crippen LogP contribution in [0.3, 0.4) is 0 Å². The Bertz CT molecular complexity index is 76.1. The summed E-state index contributed by atoms with van der Waals surface area (Å²) in [5, 5.41) is 3.45. The zero-order valence-corrected chi connectivity index (χ0v) is 4.59. The van der Waals surface area contributed by atoms with Crippen LogP contribution in [0.2, 0.25) is 0 Å². The van der Waals surface area contributed by atoms with Gasteiger partial charge >= 0.3 is 0 Å². The molecule has 0 N–H and O–H groups in total. The molecule has 0 aromatic heterocycles. The summed E-state index contributed by atoms with van der Waals surface area (Å²) in [6.45, 7) is 1.92. The van der Waals surface area contributed by atoms with Gasteiger partial charge in [-0.15, -0.1) is 0 Å². The molecule has 0 amide bonds. The summed E-state index contributed by atoms with van der Waals surface area (Å²) in [6.07, 6.45) is 5.26. The summed E-state index contributed by atoms with van der Waals surface area (Å²) >= 11 is 0. The minimum Gasteiger partial charge on any atom is -0.399 e. The zero-order valence-electron chi connectivity index (χ0n) is 4.59. The molecule has 0 radical (unpaired) electrons. The molecule has 0 aromatic carbocycles. The van der Waals surface area contributed by atoms with Crippen LogP contribution in [0.1, 0.15) is 6.92 Å². The lowest BCUT2D eigenvalue weighted by Crippen LogP contribution is -1.66. The number of hydrogen-bond donors (Lipinski definition) is 0. The Morgan fingerprint density at radius 2 is 2.29 bits per heavy atom. The maximum atomic E-state index is 4.36. The molecular formula is C5H9NO. The molecule has 0 unspecified atom stereocenters. The van der Waals surface area contributed by atoms with Gasteiger partial charge in [0.1, 0.15) is 7.11 Å². The molecule has 0 rings (SSSR count). The maximum absolute atomic E-state index is 4.36. The van der Waals surface area contributed by atoms with E-state index >= 15 is 0 Å². The fraction of sp³-hybridized carbons (Fsp3) is 0.400. The first kappa shape index (κ1) is 6.21. The molecule has 0 aliphatic carbocycles. The van der Waals surface area contributed by atoms with Crippen LogP contribution < -0.4 is 0 Å². The Balaban J connectivity index is 3.09. The molecule has 2 nitrogen and oxygen atoms in total. The fourth-order valence-corrected chi connectivity index (χ4v) is 0.182. The Morgan fingerprint density at radius 3 is 2.71 bits per heavy atom. The summed E-state index contributed by atoms with van der Waals surface area (Å²) < 4.78 is 0. The predicted molar refractivity (Wildman–Crippen MR) is 30.3 cm³/mol. The number of allylic oxidation sites excluding steroid dienone is 2. The summed E-state index contributed by atoms with van der Waals surface area (Å²) in [6, 6.07) is 0. The third kappa shape index (κ3) is 5.21. The average Bonchev–Trinajstić information content (AvgIpc) is 1.69. The van der Waals surface area contributed by atoms with E-state index in [-0.39, 0.29) is 0 Å². The molecule has 0 bridgehead atoms. The lowest BCUT2D eigenvalue weighted by molar-refractivity contribution is 0.215. The van der Waals surface area contributed by atoms with Crippen molar-refractivity contribution in [2.45, 2.75) is 6.92 Å². The molecule has 0 saturated carbocycles. The smallest absolute Gasteiger partial charge is 0.106 e. The average molecular weight is 99.1 g/mol. The van der Waals surface area contributed by atoms with E-state index in [1.807, 2.05) is 13.0 Å². The predicted octanol–water partition coefficient (Wildman–Crippen LogP) is 1.19. The highest BCUT2D eigenvalue weighted by Crippen LogP contribution is 1.65. The monoisotopic (exact) mass is 99.1 g/mol. The van der Waals surface area contributed by atoms with Crippen molar-refractivity contribution in [1.82, 2.24) is 0 Å². The number of oxime groups is 1. The van der Waals surface area contributed by atoms with Crippen LogP contribution in [0.15, 0.2) is 17.3 Å². The first-order chi connectivity index (χ1) is 3.41. The van der Waals surface area contributed by atoms with Crippen molar-refractivity contribution in [2.24, 2.45) is 5.16 Å². The standard InChI is InChI=1S/C5H9NO/c1-3-4-5-6-7-2/h3-5H,1-2H3/b4-3-,6-5-. The van der Waals surface area contributed by atoms with Gasteiger partial charge in [0.2, 0.25) is 0 Å². The largest absolute Gasteiger partial charge is 0.399 e. The molecule has 0 heterocycles. The maximum Gasteiger partial charge on any atom is 0.106 e. The van der Waals surface area contributed by atoms with E-state index in [1.165, 1.54) is 7.11 Å². The molecular weight excluding hydrogens is 90.1 g/mol. The fourth-order valence-electron chi connectivity index (χ4n) is 0.182. The van der Waals surface area contributed by atoms with Crippen molar-refractivity contribution < 1.29 is 4.84 Å². The van der Waals surface area contributed by atoms with Crippen LogP contribution in [0.25, 0.3) is 0 Å². The van der Waals surface area contributed by atoms with Gasteiger partial charge in [-0.05, 0) is 13.0 Å². The first-order valence-corrected chi connectivity index (χ1v) is 2.09. The minimum absolute atomic E-state index is 1.51. The quantitative estimate of drug-likeness (QED) is 0.376. The van der Waals surface area contributed by atoms with E-state index in [0.717, 1.165) is 0 Å². The third-order valence-electron chi connectivity index (χ3n) is 0.445. The van der Waals surface area contributed by atoms with Crippen molar-refractivity contribution in [3.05, 3.63) is 12.2 Å². The van der Waals surface area contributed by atoms with E-state index in [2.05, 4.69) is 9.99 Å². The Morgan fingerprint density at radius 1 is 1.57 bits per heavy atom. The summed E-state index contributed by atoms with van der Waals surface area (Å²) in [4.78, 5) is 4.36. The molecule has 0 atom stereocenters. The van der Waals surface area contributed by atoms with Crippen LogP contribution in [0, 0.1) is 0 Å². The number of hydrogen-bond acceptors (Lipinski definition) is 2. The van der Waals surface area contributed by atoms with E-state index in [4.69, 9.17) is 0 Å². The molecule has 40 valence electrons. The van der Waals surface area contributed by atoms with Gasteiger partial charge in [-0.25, -0.2) is 0 Å². The second-order valence-electron chi connectivity index (χ2n) is 0.963. The van der Waals surface area contributed by atoms with Gasteiger partial charge < -0.3 is 4.84 Å². The third-order valence-corrected chi connectivity index (χ3v) is 0.445. The van der Waals surface area contributed by atoms with E-state index < -0.39 is 0 Å². The second kappa shape index (κ2) is 5.21. The zero-order chi connectivity index (χ0) is 5.54. The van der Waals surface area contributed by atoms with Gasteiger partial charge in [-0.2, -0.15) is 0 Å². The van der Waals surface area contributed by atoms with Gasteiger partial charge in [0.15, 0.2) is 0 Å². The first-order valence-electron chi connectivity index (χ1n) is 2.09. The Labute approximate surface area is 43.5 Å². The lowest BCUT2D eigenvalue weighted by atomic mass is 10.6. The number of nitrogens with zero attached hydrogens (tertiary/aromatic N) is 1. The second-order valence-corrected chi connectivity index (χ2v) is 0.963. The van der Waals surface area contributed by atoms with Crippen LogP contribution in [0.5, 0.6) is 0 Å². The van der Waals surface area contributed by atoms with Crippen LogP contribution in [0.4, 0.5) is 0 Å². The molecule has 7 heavy (non-hydrogen) atoms. The topological polar surface area (TPSA) is 21.6 Å². The summed E-state index contributed by atoms with van der Waals surface area (Å²) in [7, 11) is 1.51. The van der Waals surface area contributed by atoms with E-state index in [0.29, 0.717) is 0 Å². The highest BCUT2D eigenvalue weighted by Gasteiger charge is 1.56. The summed E-state index contributed by atoms with van der Waals surface area (Å²) in [5.74, 6) is 0. The molecule has 0 saturated heterocycles. The summed E-state index contributed by atoms with van der Waals surface area (Å²) in [5.41, 5.74) is 0. The van der Waals surface area contributed by atoms with Crippen molar-refractivity contribution in [3.63, 3.8) is 0 Å². The SMILES string of the molecule is C/C=C\C=N/OC. The normalized spacial score (nSPS) is 11.1. The van der Waals surface area contributed by atoms with Crippen LogP contribution in [-0.4, -0.2) is 13.3 Å². The van der Waals surface area contributed by atoms with E-state index in [9.17, 15) is 0 Å². The van der Waals surface area contributed by atoms with Crippen molar-refractivity contribution in [2.75, 3.05) is 7.11 Å². The molecule has 0 aliphatic rings. The van der Waals surface area contributed by atoms with Crippen molar-refractivity contribution >= 4 is 6.21 Å². The molecule has 0 aromatic rings. The highest BCUT2D eigenvalue weighted by molar-refractivity contribution is 5.70. The minimum atomic E-state index is 1.51.